The van der Waals surface area contributed by atoms with Gasteiger partial charge >= 0.3 is 0 Å². The first kappa shape index (κ1) is 16.2. The van der Waals surface area contributed by atoms with E-state index in [9.17, 15) is 9.90 Å². The van der Waals surface area contributed by atoms with Gasteiger partial charge in [0.2, 0.25) is 5.91 Å². The summed E-state index contributed by atoms with van der Waals surface area (Å²) in [6.07, 6.45) is 6.94. The van der Waals surface area contributed by atoms with Crippen LogP contribution >= 0.6 is 15.9 Å². The molecule has 5 heteroatoms. The van der Waals surface area contributed by atoms with Crippen LogP contribution in [-0.2, 0) is 11.3 Å². The average molecular weight is 391 g/mol. The fraction of sp³-hybridized carbons (Fsp3) is 0.526. The molecule has 128 valence electrons. The summed E-state index contributed by atoms with van der Waals surface area (Å²) in [6.45, 7) is 1.76. The van der Waals surface area contributed by atoms with Gasteiger partial charge in [-0.3, -0.25) is 4.79 Å². The summed E-state index contributed by atoms with van der Waals surface area (Å²) >= 11 is 3.48. The van der Waals surface area contributed by atoms with Crippen molar-refractivity contribution in [1.29, 1.82) is 0 Å². The number of nitrogens with zero attached hydrogens (tertiary/aromatic N) is 2. The Morgan fingerprint density at radius 3 is 3.04 bits per heavy atom. The van der Waals surface area contributed by atoms with Crippen molar-refractivity contribution in [1.82, 2.24) is 9.47 Å². The number of piperidine rings is 1. The lowest BCUT2D eigenvalue weighted by Gasteiger charge is -2.47. The predicted octanol–water partition coefficient (Wildman–Crippen LogP) is 3.56. The van der Waals surface area contributed by atoms with Crippen LogP contribution in [0.25, 0.3) is 10.9 Å². The van der Waals surface area contributed by atoms with Crippen molar-refractivity contribution < 1.29 is 9.90 Å². The lowest BCUT2D eigenvalue weighted by atomic mass is 9.71. The number of halogens is 1. The molecular formula is C19H23BrN2O2. The molecule has 2 aromatic rings. The highest BCUT2D eigenvalue weighted by molar-refractivity contribution is 9.10. The van der Waals surface area contributed by atoms with E-state index in [1.807, 2.05) is 33.9 Å². The van der Waals surface area contributed by atoms with E-state index in [2.05, 4.69) is 22.0 Å². The largest absolute Gasteiger partial charge is 0.389 e. The summed E-state index contributed by atoms with van der Waals surface area (Å²) in [5.74, 6) is 0.407. The van der Waals surface area contributed by atoms with Crippen molar-refractivity contribution >= 4 is 32.7 Å². The standard InChI is InChI=1S/C19H23BrN2O2/c20-16-4-5-17-14(11-16)6-9-21(17)13-18(23)22-10-8-19(24)7-2-1-3-15(19)12-22/h4-6,9,11,15,24H,1-3,7-8,10,12-13H2/t15-,19-/m1/s1. The molecule has 1 saturated carbocycles. The summed E-state index contributed by atoms with van der Waals surface area (Å²) in [5.41, 5.74) is 0.555. The Kier molecular flexibility index (Phi) is 4.17. The highest BCUT2D eigenvalue weighted by Crippen LogP contribution is 2.39. The summed E-state index contributed by atoms with van der Waals surface area (Å²) < 4.78 is 3.07. The second-order valence-corrected chi connectivity index (χ2v) is 8.20. The maximum absolute atomic E-state index is 12.8. The molecule has 0 bridgehead atoms. The van der Waals surface area contributed by atoms with E-state index >= 15 is 0 Å². The highest BCUT2D eigenvalue weighted by Gasteiger charge is 2.43. The van der Waals surface area contributed by atoms with E-state index in [-0.39, 0.29) is 11.8 Å². The van der Waals surface area contributed by atoms with E-state index in [1.54, 1.807) is 0 Å². The van der Waals surface area contributed by atoms with Crippen molar-refractivity contribution in [2.75, 3.05) is 13.1 Å². The Hall–Kier alpha value is -1.33. The maximum Gasteiger partial charge on any atom is 0.242 e. The molecule has 4 nitrogen and oxygen atoms in total. The number of fused-ring (bicyclic) bond motifs is 2. The molecule has 1 aliphatic heterocycles. The lowest BCUT2D eigenvalue weighted by molar-refractivity contribution is -0.143. The number of hydrogen-bond acceptors (Lipinski definition) is 2. The molecule has 24 heavy (non-hydrogen) atoms. The zero-order valence-corrected chi connectivity index (χ0v) is 15.3. The molecule has 2 atom stereocenters. The maximum atomic E-state index is 12.8. The number of rotatable bonds is 2. The van der Waals surface area contributed by atoms with Gasteiger partial charge in [-0.2, -0.15) is 0 Å². The Bertz CT molecular complexity index is 772. The first-order valence-electron chi connectivity index (χ1n) is 8.80. The Balaban J connectivity index is 1.48. The Morgan fingerprint density at radius 1 is 1.29 bits per heavy atom. The number of benzene rings is 1. The molecule has 1 aromatic heterocycles. The predicted molar refractivity (Wildman–Crippen MR) is 97.7 cm³/mol. The van der Waals surface area contributed by atoms with Crippen LogP contribution in [0.2, 0.25) is 0 Å². The molecule has 2 heterocycles. The minimum Gasteiger partial charge on any atom is -0.389 e. The summed E-state index contributed by atoms with van der Waals surface area (Å²) in [4.78, 5) is 14.7. The Morgan fingerprint density at radius 2 is 2.17 bits per heavy atom. The zero-order chi connectivity index (χ0) is 16.7. The summed E-state index contributed by atoms with van der Waals surface area (Å²) in [7, 11) is 0. The van der Waals surface area contributed by atoms with E-state index in [0.29, 0.717) is 19.6 Å². The number of amides is 1. The Labute approximate surface area is 150 Å². The SMILES string of the molecule is O=C(Cn1ccc2cc(Br)ccc21)N1CC[C@]2(O)CCCC[C@@H]2C1. The molecule has 0 spiro atoms. The van der Waals surface area contributed by atoms with Gasteiger partial charge in [-0.25, -0.2) is 0 Å². The lowest BCUT2D eigenvalue weighted by Crippen LogP contribution is -2.55. The molecule has 1 aromatic carbocycles. The molecule has 1 aliphatic carbocycles. The van der Waals surface area contributed by atoms with Crippen LogP contribution in [-0.4, -0.2) is 39.2 Å². The smallest absolute Gasteiger partial charge is 0.242 e. The van der Waals surface area contributed by atoms with Gasteiger partial charge in [0.05, 0.1) is 5.60 Å². The van der Waals surface area contributed by atoms with Gasteiger partial charge < -0.3 is 14.6 Å². The number of carbonyl (C=O) groups excluding carboxylic acids is 1. The molecule has 0 radical (unpaired) electrons. The average Bonchev–Trinajstić information content (AvgIpc) is 2.95. The van der Waals surface area contributed by atoms with Crippen molar-refractivity contribution in [2.24, 2.45) is 5.92 Å². The highest BCUT2D eigenvalue weighted by atomic mass is 79.9. The van der Waals surface area contributed by atoms with E-state index < -0.39 is 5.60 Å². The number of aromatic nitrogens is 1. The zero-order valence-electron chi connectivity index (χ0n) is 13.7. The van der Waals surface area contributed by atoms with Gasteiger partial charge in [0.25, 0.3) is 0 Å². The van der Waals surface area contributed by atoms with Crippen LogP contribution in [0.3, 0.4) is 0 Å². The first-order valence-corrected chi connectivity index (χ1v) is 9.59. The molecule has 2 aliphatic rings. The van der Waals surface area contributed by atoms with Gasteiger partial charge in [0.1, 0.15) is 6.54 Å². The van der Waals surface area contributed by atoms with Crippen LogP contribution in [0.1, 0.15) is 32.1 Å². The fourth-order valence-corrected chi connectivity index (χ4v) is 4.73. The molecule has 1 amide bonds. The third kappa shape index (κ3) is 2.88. The topological polar surface area (TPSA) is 45.5 Å². The number of likely N-dealkylation sites (tertiary alicyclic amines) is 1. The molecule has 1 N–H and O–H groups in total. The van der Waals surface area contributed by atoms with Crippen molar-refractivity contribution in [2.45, 2.75) is 44.2 Å². The normalized spacial score (nSPS) is 27.2. The van der Waals surface area contributed by atoms with Crippen LogP contribution in [0.15, 0.2) is 34.9 Å². The van der Waals surface area contributed by atoms with Crippen LogP contribution in [0.4, 0.5) is 0 Å². The monoisotopic (exact) mass is 390 g/mol. The van der Waals surface area contributed by atoms with Crippen LogP contribution < -0.4 is 0 Å². The van der Waals surface area contributed by atoms with E-state index in [4.69, 9.17) is 0 Å². The van der Waals surface area contributed by atoms with E-state index in [1.165, 1.54) is 6.42 Å². The third-order valence-electron chi connectivity index (χ3n) is 5.82. The van der Waals surface area contributed by atoms with Crippen molar-refractivity contribution in [3.8, 4) is 0 Å². The number of aliphatic hydroxyl groups is 1. The number of hydrogen-bond donors (Lipinski definition) is 1. The van der Waals surface area contributed by atoms with Crippen LogP contribution in [0, 0.1) is 5.92 Å². The van der Waals surface area contributed by atoms with Gasteiger partial charge in [-0.15, -0.1) is 0 Å². The molecule has 4 rings (SSSR count). The second-order valence-electron chi connectivity index (χ2n) is 7.28. The van der Waals surface area contributed by atoms with Crippen molar-refractivity contribution in [3.63, 3.8) is 0 Å². The van der Waals surface area contributed by atoms with Gasteiger partial charge in [0.15, 0.2) is 0 Å². The first-order chi connectivity index (χ1) is 11.5. The van der Waals surface area contributed by atoms with Gasteiger partial charge in [-0.1, -0.05) is 28.8 Å². The van der Waals surface area contributed by atoms with Gasteiger partial charge in [-0.05, 0) is 43.5 Å². The third-order valence-corrected chi connectivity index (χ3v) is 6.31. The van der Waals surface area contributed by atoms with Gasteiger partial charge in [0, 0.05) is 40.6 Å². The molecule has 1 saturated heterocycles. The molecular weight excluding hydrogens is 368 g/mol. The minimum absolute atomic E-state index is 0.156. The minimum atomic E-state index is -0.526. The van der Waals surface area contributed by atoms with Crippen LogP contribution in [0.5, 0.6) is 0 Å². The fourth-order valence-electron chi connectivity index (χ4n) is 4.35. The number of carbonyl (C=O) groups is 1. The molecule has 0 unspecified atom stereocenters. The second kappa shape index (κ2) is 6.19. The quantitative estimate of drug-likeness (QED) is 0.851. The van der Waals surface area contributed by atoms with Crippen molar-refractivity contribution in [3.05, 3.63) is 34.9 Å². The summed E-state index contributed by atoms with van der Waals surface area (Å²) in [6, 6.07) is 8.16. The van der Waals surface area contributed by atoms with E-state index in [0.717, 1.165) is 41.1 Å². The summed E-state index contributed by atoms with van der Waals surface area (Å²) in [5, 5.41) is 11.9. The molecule has 2 fully saturated rings.